The van der Waals surface area contributed by atoms with E-state index in [2.05, 4.69) is 169 Å². The summed E-state index contributed by atoms with van der Waals surface area (Å²) < 4.78 is 2.33. The zero-order valence-corrected chi connectivity index (χ0v) is 29.8. The third-order valence-electron chi connectivity index (χ3n) is 11.1. The molecule has 0 aliphatic carbocycles. The molecule has 0 spiro atoms. The Kier molecular flexibility index (Phi) is 6.08. The number of aromatic nitrogens is 4. The van der Waals surface area contributed by atoms with Gasteiger partial charge in [-0.05, 0) is 73.1 Å². The van der Waals surface area contributed by atoms with Gasteiger partial charge in [0.2, 0.25) is 5.95 Å². The number of nitrogens with zero attached hydrogens (tertiary/aromatic N) is 4. The molecule has 0 N–H and O–H groups in total. The highest BCUT2D eigenvalue weighted by atomic mass is 28.3. The maximum absolute atomic E-state index is 5.36. The molecule has 2 aliphatic heterocycles. The second kappa shape index (κ2) is 10.8. The highest BCUT2D eigenvalue weighted by Gasteiger charge is 2.42. The Balaban J connectivity index is 1.27. The average Bonchev–Trinajstić information content (AvgIpc) is 3.66. The fraction of sp³-hybridized carbons (Fsp3) is 0.0426. The van der Waals surface area contributed by atoms with Crippen molar-refractivity contribution in [1.29, 1.82) is 0 Å². The van der Waals surface area contributed by atoms with E-state index < -0.39 is 8.07 Å². The molecule has 7 aromatic carbocycles. The van der Waals surface area contributed by atoms with Gasteiger partial charge in [-0.3, -0.25) is 4.57 Å². The summed E-state index contributed by atoms with van der Waals surface area (Å²) >= 11 is 0. The minimum absolute atomic E-state index is 0.633. The van der Waals surface area contributed by atoms with Crippen molar-refractivity contribution in [3.63, 3.8) is 0 Å². The fourth-order valence-corrected chi connectivity index (χ4v) is 12.6. The van der Waals surface area contributed by atoms with Crippen LogP contribution in [0, 0.1) is 0 Å². The SMILES string of the molecule is C[Si]1(C)c2c3cccc2-c2ccc4c5ccccc5n(c4c21)-c1nc(-c2ccc(-c4ccccc4)cc2)nc(n1)-c1cccc(c1)-c1cccc-3c1. The average molecular weight is 681 g/mol. The molecule has 5 heteroatoms. The van der Waals surface area contributed by atoms with Crippen molar-refractivity contribution in [1.82, 2.24) is 19.5 Å². The second-order valence-corrected chi connectivity index (χ2v) is 18.7. The number of rotatable bonds is 2. The molecule has 244 valence electrons. The first-order valence-electron chi connectivity index (χ1n) is 17.9. The Morgan fingerprint density at radius 2 is 0.981 bits per heavy atom. The van der Waals surface area contributed by atoms with E-state index in [1.165, 1.54) is 60.0 Å². The van der Waals surface area contributed by atoms with Gasteiger partial charge in [0.1, 0.15) is 8.07 Å². The van der Waals surface area contributed by atoms with Gasteiger partial charge in [0, 0.05) is 21.9 Å². The molecule has 4 heterocycles. The van der Waals surface area contributed by atoms with Crippen LogP contribution in [-0.4, -0.2) is 27.6 Å². The van der Waals surface area contributed by atoms with Crippen molar-refractivity contribution in [3.05, 3.63) is 158 Å². The predicted molar refractivity (Wildman–Crippen MR) is 217 cm³/mol. The zero-order valence-electron chi connectivity index (χ0n) is 28.8. The zero-order chi connectivity index (χ0) is 34.6. The molecule has 0 unspecified atom stereocenters. The van der Waals surface area contributed by atoms with Crippen LogP contribution in [0.1, 0.15) is 0 Å². The summed E-state index contributed by atoms with van der Waals surface area (Å²) in [5.41, 5.74) is 14.1. The van der Waals surface area contributed by atoms with Crippen molar-refractivity contribution in [3.8, 4) is 73.2 Å². The van der Waals surface area contributed by atoms with E-state index >= 15 is 0 Å². The molecule has 2 aliphatic rings. The standard InChI is InChI=1S/C47H32N4Si/c1-52(2)43-36-18-10-19-39(43)40-26-25-38-37-17-6-7-20-41(37)51(42(38)44(40)52)47-49-45(31-23-21-30(22-24-31)29-11-4-3-5-12-29)48-46(50-47)35-16-9-14-33(28-35)32-13-8-15-34(36)27-32/h3-28H,1-2H3. The van der Waals surface area contributed by atoms with E-state index in [0.717, 1.165) is 27.8 Å². The molecule has 9 aromatic rings. The number of para-hydroxylation sites is 1. The van der Waals surface area contributed by atoms with Gasteiger partial charge in [0.15, 0.2) is 11.6 Å². The molecule has 2 aromatic heterocycles. The lowest BCUT2D eigenvalue weighted by atomic mass is 9.95. The van der Waals surface area contributed by atoms with Crippen molar-refractivity contribution in [2.45, 2.75) is 13.1 Å². The van der Waals surface area contributed by atoms with E-state index in [-0.39, 0.29) is 0 Å². The van der Waals surface area contributed by atoms with Crippen molar-refractivity contribution < 1.29 is 0 Å². The van der Waals surface area contributed by atoms with Gasteiger partial charge < -0.3 is 0 Å². The molecule has 0 atom stereocenters. The Labute approximate surface area is 302 Å². The fourth-order valence-electron chi connectivity index (χ4n) is 8.81. The summed E-state index contributed by atoms with van der Waals surface area (Å²) in [7, 11) is -2.30. The van der Waals surface area contributed by atoms with Gasteiger partial charge in [-0.1, -0.05) is 153 Å². The van der Waals surface area contributed by atoms with Crippen LogP contribution in [0.4, 0.5) is 0 Å². The maximum atomic E-state index is 5.36. The first-order chi connectivity index (χ1) is 25.5. The van der Waals surface area contributed by atoms with E-state index in [9.17, 15) is 0 Å². The smallest absolute Gasteiger partial charge is 0.238 e. The number of fused-ring (bicyclic) bond motifs is 14. The highest BCUT2D eigenvalue weighted by molar-refractivity contribution is 7.05. The minimum atomic E-state index is -2.30. The third kappa shape index (κ3) is 4.17. The summed E-state index contributed by atoms with van der Waals surface area (Å²) in [4.78, 5) is 15.9. The van der Waals surface area contributed by atoms with Crippen molar-refractivity contribution in [2.24, 2.45) is 0 Å². The van der Waals surface area contributed by atoms with Crippen LogP contribution in [0.5, 0.6) is 0 Å². The quantitative estimate of drug-likeness (QED) is 0.171. The van der Waals surface area contributed by atoms with Gasteiger partial charge in [0.05, 0.1) is 11.0 Å². The molecular weight excluding hydrogens is 649 g/mol. The van der Waals surface area contributed by atoms with Crippen LogP contribution < -0.4 is 10.4 Å². The molecule has 0 saturated carbocycles. The topological polar surface area (TPSA) is 43.6 Å². The molecule has 0 radical (unpaired) electrons. The first-order valence-corrected chi connectivity index (χ1v) is 20.9. The molecular formula is C47H32N4Si. The maximum Gasteiger partial charge on any atom is 0.238 e. The van der Waals surface area contributed by atoms with Crippen LogP contribution in [0.25, 0.3) is 95.0 Å². The van der Waals surface area contributed by atoms with Gasteiger partial charge in [-0.2, -0.15) is 9.97 Å². The predicted octanol–water partition coefficient (Wildman–Crippen LogP) is 10.4. The molecule has 52 heavy (non-hydrogen) atoms. The van der Waals surface area contributed by atoms with E-state index in [0.29, 0.717) is 17.6 Å². The lowest BCUT2D eigenvalue weighted by molar-refractivity contribution is 0.954. The summed E-state index contributed by atoms with van der Waals surface area (Å²) in [6.45, 7) is 5.04. The molecule has 8 bridgehead atoms. The lowest BCUT2D eigenvalue weighted by Gasteiger charge is -2.24. The molecule has 0 amide bonds. The second-order valence-electron chi connectivity index (χ2n) is 14.5. The Bertz CT molecular complexity index is 2920. The van der Waals surface area contributed by atoms with Crippen LogP contribution in [0.2, 0.25) is 13.1 Å². The van der Waals surface area contributed by atoms with Crippen LogP contribution in [-0.2, 0) is 0 Å². The highest BCUT2D eigenvalue weighted by Crippen LogP contribution is 2.41. The van der Waals surface area contributed by atoms with Gasteiger partial charge in [0.25, 0.3) is 0 Å². The van der Waals surface area contributed by atoms with Crippen LogP contribution in [0.15, 0.2) is 158 Å². The Hall–Kier alpha value is -6.43. The Morgan fingerprint density at radius 3 is 1.79 bits per heavy atom. The minimum Gasteiger partial charge on any atom is -0.278 e. The monoisotopic (exact) mass is 680 g/mol. The van der Waals surface area contributed by atoms with Crippen molar-refractivity contribution >= 4 is 40.3 Å². The first kappa shape index (κ1) is 29.3. The molecule has 0 fully saturated rings. The summed E-state index contributed by atoms with van der Waals surface area (Å²) in [6, 6.07) is 57.0. The van der Waals surface area contributed by atoms with E-state index in [1.807, 2.05) is 6.07 Å². The van der Waals surface area contributed by atoms with E-state index in [1.54, 1.807) is 0 Å². The van der Waals surface area contributed by atoms with Crippen LogP contribution in [0.3, 0.4) is 0 Å². The summed E-state index contributed by atoms with van der Waals surface area (Å²) in [5, 5.41) is 5.36. The third-order valence-corrected chi connectivity index (χ3v) is 14.7. The van der Waals surface area contributed by atoms with Crippen LogP contribution >= 0.6 is 0 Å². The van der Waals surface area contributed by atoms with Gasteiger partial charge in [-0.15, -0.1) is 0 Å². The van der Waals surface area contributed by atoms with Gasteiger partial charge >= 0.3 is 0 Å². The normalized spacial score (nSPS) is 13.3. The number of hydrogen-bond donors (Lipinski definition) is 0. The van der Waals surface area contributed by atoms with Crippen molar-refractivity contribution in [2.75, 3.05) is 0 Å². The molecule has 0 saturated heterocycles. The largest absolute Gasteiger partial charge is 0.278 e. The Morgan fingerprint density at radius 1 is 0.404 bits per heavy atom. The summed E-state index contributed by atoms with van der Waals surface area (Å²) in [5.74, 6) is 1.93. The van der Waals surface area contributed by atoms with E-state index in [4.69, 9.17) is 15.0 Å². The molecule has 4 nitrogen and oxygen atoms in total. The molecule has 11 rings (SSSR count). The summed E-state index contributed by atoms with van der Waals surface area (Å²) in [6.07, 6.45) is 0. The number of benzene rings is 7. The number of hydrogen-bond acceptors (Lipinski definition) is 3. The lowest BCUT2D eigenvalue weighted by Crippen LogP contribution is -2.50. The van der Waals surface area contributed by atoms with Gasteiger partial charge in [-0.25, -0.2) is 4.98 Å².